The first-order valence-corrected chi connectivity index (χ1v) is 4.28. The molecule has 2 N–H and O–H groups in total. The van der Waals surface area contributed by atoms with Crippen LogP contribution in [-0.2, 0) is 4.74 Å². The summed E-state index contributed by atoms with van der Waals surface area (Å²) in [6.07, 6.45) is 0.663. The van der Waals surface area contributed by atoms with Crippen LogP contribution in [-0.4, -0.2) is 29.3 Å². The molecule has 1 atom stereocenters. The summed E-state index contributed by atoms with van der Waals surface area (Å²) in [5.74, 6) is -0.627. The van der Waals surface area contributed by atoms with Gasteiger partial charge in [-0.15, -0.1) is 0 Å². The lowest BCUT2D eigenvalue weighted by Crippen LogP contribution is -2.17. The Morgan fingerprint density at radius 2 is 2.43 bits per heavy atom. The molecule has 0 bridgehead atoms. The van der Waals surface area contributed by atoms with Gasteiger partial charge in [0, 0.05) is 12.5 Å². The number of anilines is 1. The SMILES string of the molecule is Nc1cc(F)nc(OC2CCOC2)n1. The fraction of sp³-hybridized carbons (Fsp3) is 0.500. The highest BCUT2D eigenvalue weighted by Crippen LogP contribution is 2.13. The molecule has 1 fully saturated rings. The Labute approximate surface area is 80.1 Å². The Bertz CT molecular complexity index is 308. The quantitative estimate of drug-likeness (QED) is 0.696. The van der Waals surface area contributed by atoms with Gasteiger partial charge in [0.05, 0.1) is 13.2 Å². The molecule has 6 heteroatoms. The first kappa shape index (κ1) is 9.14. The van der Waals surface area contributed by atoms with Crippen molar-refractivity contribution in [1.29, 1.82) is 0 Å². The summed E-state index contributed by atoms with van der Waals surface area (Å²) in [5.41, 5.74) is 5.33. The largest absolute Gasteiger partial charge is 0.457 e. The first-order valence-electron chi connectivity index (χ1n) is 4.28. The van der Waals surface area contributed by atoms with E-state index in [9.17, 15) is 4.39 Å². The standard InChI is InChI=1S/C8H10FN3O2/c9-6-3-7(10)12-8(11-6)14-5-1-2-13-4-5/h3,5H,1-2,4H2,(H2,10,11,12). The van der Waals surface area contributed by atoms with Gasteiger partial charge in [0.15, 0.2) is 0 Å². The average Bonchev–Trinajstić information content (AvgIpc) is 2.54. The van der Waals surface area contributed by atoms with Gasteiger partial charge in [0.2, 0.25) is 5.95 Å². The van der Waals surface area contributed by atoms with Gasteiger partial charge in [-0.2, -0.15) is 14.4 Å². The molecule has 1 aromatic heterocycles. The molecule has 0 radical (unpaired) electrons. The van der Waals surface area contributed by atoms with Gasteiger partial charge in [-0.05, 0) is 0 Å². The smallest absolute Gasteiger partial charge is 0.321 e. The van der Waals surface area contributed by atoms with Crippen molar-refractivity contribution in [2.24, 2.45) is 0 Å². The van der Waals surface area contributed by atoms with Crippen molar-refractivity contribution in [3.63, 3.8) is 0 Å². The summed E-state index contributed by atoms with van der Waals surface area (Å²) in [5, 5.41) is 0. The fourth-order valence-corrected chi connectivity index (χ4v) is 1.22. The summed E-state index contributed by atoms with van der Waals surface area (Å²) in [6.45, 7) is 1.13. The summed E-state index contributed by atoms with van der Waals surface area (Å²) in [7, 11) is 0. The predicted octanol–water partition coefficient (Wildman–Crippen LogP) is 0.366. The molecule has 1 aliphatic rings. The number of aromatic nitrogens is 2. The molecule has 0 amide bonds. The normalized spacial score (nSPS) is 21.1. The minimum atomic E-state index is -0.689. The lowest BCUT2D eigenvalue weighted by molar-refractivity contribution is 0.133. The molecule has 1 saturated heterocycles. The number of hydrogen-bond donors (Lipinski definition) is 1. The average molecular weight is 199 g/mol. The predicted molar refractivity (Wildman–Crippen MR) is 46.3 cm³/mol. The van der Waals surface area contributed by atoms with E-state index < -0.39 is 5.95 Å². The van der Waals surface area contributed by atoms with Gasteiger partial charge in [0.1, 0.15) is 11.9 Å². The molecular formula is C8H10FN3O2. The summed E-state index contributed by atoms with van der Waals surface area (Å²) < 4.78 is 23.1. The van der Waals surface area contributed by atoms with Gasteiger partial charge >= 0.3 is 6.01 Å². The van der Waals surface area contributed by atoms with Gasteiger partial charge in [-0.1, -0.05) is 0 Å². The second-order valence-electron chi connectivity index (χ2n) is 3.00. The molecule has 0 spiro atoms. The zero-order valence-electron chi connectivity index (χ0n) is 7.44. The van der Waals surface area contributed by atoms with Crippen LogP contribution in [0.1, 0.15) is 6.42 Å². The first-order chi connectivity index (χ1) is 6.74. The van der Waals surface area contributed by atoms with Crippen molar-refractivity contribution in [2.45, 2.75) is 12.5 Å². The van der Waals surface area contributed by atoms with Crippen LogP contribution >= 0.6 is 0 Å². The Hall–Kier alpha value is -1.43. The zero-order valence-corrected chi connectivity index (χ0v) is 7.44. The third-order valence-corrected chi connectivity index (χ3v) is 1.85. The van der Waals surface area contributed by atoms with Gasteiger partial charge < -0.3 is 15.2 Å². The zero-order chi connectivity index (χ0) is 9.97. The van der Waals surface area contributed by atoms with Crippen LogP contribution in [0.4, 0.5) is 10.2 Å². The van der Waals surface area contributed by atoms with Crippen molar-refractivity contribution in [1.82, 2.24) is 9.97 Å². The minimum Gasteiger partial charge on any atom is -0.457 e. The van der Waals surface area contributed by atoms with Gasteiger partial charge in [-0.25, -0.2) is 0 Å². The monoisotopic (exact) mass is 199 g/mol. The van der Waals surface area contributed by atoms with Crippen LogP contribution in [0.25, 0.3) is 0 Å². The third-order valence-electron chi connectivity index (χ3n) is 1.85. The molecule has 5 nitrogen and oxygen atoms in total. The third kappa shape index (κ3) is 2.08. The summed E-state index contributed by atoms with van der Waals surface area (Å²) >= 11 is 0. The van der Waals surface area contributed by atoms with Crippen molar-refractivity contribution >= 4 is 5.82 Å². The molecule has 2 rings (SSSR count). The number of nitrogens with two attached hydrogens (primary N) is 1. The van der Waals surface area contributed by atoms with E-state index in [-0.39, 0.29) is 17.9 Å². The molecule has 1 unspecified atom stereocenters. The van der Waals surface area contributed by atoms with Crippen molar-refractivity contribution in [2.75, 3.05) is 18.9 Å². The van der Waals surface area contributed by atoms with E-state index in [1.54, 1.807) is 0 Å². The highest BCUT2D eigenvalue weighted by atomic mass is 19.1. The number of nitrogen functional groups attached to an aromatic ring is 1. The minimum absolute atomic E-state index is 0.0296. The van der Waals surface area contributed by atoms with Crippen LogP contribution in [0.5, 0.6) is 6.01 Å². The Morgan fingerprint density at radius 1 is 1.57 bits per heavy atom. The molecule has 1 aliphatic heterocycles. The Kier molecular flexibility index (Phi) is 2.45. The van der Waals surface area contributed by atoms with Gasteiger partial charge in [-0.3, -0.25) is 0 Å². The highest BCUT2D eigenvalue weighted by molar-refractivity contribution is 5.27. The second kappa shape index (κ2) is 3.75. The molecule has 76 valence electrons. The maximum Gasteiger partial charge on any atom is 0.321 e. The van der Waals surface area contributed by atoms with Gasteiger partial charge in [0.25, 0.3) is 0 Å². The highest BCUT2D eigenvalue weighted by Gasteiger charge is 2.18. The number of nitrogens with zero attached hydrogens (tertiary/aromatic N) is 2. The lowest BCUT2D eigenvalue weighted by atomic mass is 10.3. The van der Waals surface area contributed by atoms with Crippen molar-refractivity contribution in [3.8, 4) is 6.01 Å². The lowest BCUT2D eigenvalue weighted by Gasteiger charge is -2.09. The molecule has 0 saturated carbocycles. The molecule has 0 aromatic carbocycles. The Morgan fingerprint density at radius 3 is 3.07 bits per heavy atom. The fourth-order valence-electron chi connectivity index (χ4n) is 1.22. The van der Waals surface area contributed by atoms with Crippen molar-refractivity contribution in [3.05, 3.63) is 12.0 Å². The maximum atomic E-state index is 12.8. The number of halogens is 1. The second-order valence-corrected chi connectivity index (χ2v) is 3.00. The summed E-state index contributed by atoms with van der Waals surface area (Å²) in [6, 6.07) is 1.01. The molecule has 14 heavy (non-hydrogen) atoms. The van der Waals surface area contributed by atoms with E-state index in [2.05, 4.69) is 9.97 Å². The van der Waals surface area contributed by atoms with Crippen LogP contribution in [0.3, 0.4) is 0 Å². The maximum absolute atomic E-state index is 12.8. The summed E-state index contributed by atoms with van der Waals surface area (Å²) in [4.78, 5) is 7.21. The van der Waals surface area contributed by atoms with E-state index in [1.165, 1.54) is 0 Å². The number of ether oxygens (including phenoxy) is 2. The molecule has 1 aromatic rings. The molecule has 2 heterocycles. The Balaban J connectivity index is 2.07. The van der Waals surface area contributed by atoms with Crippen LogP contribution in [0.15, 0.2) is 6.07 Å². The number of rotatable bonds is 2. The van der Waals surface area contributed by atoms with Crippen molar-refractivity contribution < 1.29 is 13.9 Å². The topological polar surface area (TPSA) is 70.3 Å². The number of hydrogen-bond acceptors (Lipinski definition) is 5. The van der Waals surface area contributed by atoms with E-state index in [0.717, 1.165) is 12.5 Å². The van der Waals surface area contributed by atoms with Crippen LogP contribution < -0.4 is 10.5 Å². The van der Waals surface area contributed by atoms with E-state index in [1.807, 2.05) is 0 Å². The van der Waals surface area contributed by atoms with E-state index in [4.69, 9.17) is 15.2 Å². The van der Waals surface area contributed by atoms with E-state index in [0.29, 0.717) is 13.2 Å². The van der Waals surface area contributed by atoms with Crippen LogP contribution in [0.2, 0.25) is 0 Å². The van der Waals surface area contributed by atoms with Crippen LogP contribution in [0, 0.1) is 5.95 Å². The molecule has 0 aliphatic carbocycles. The molecular weight excluding hydrogens is 189 g/mol. The van der Waals surface area contributed by atoms with E-state index >= 15 is 0 Å².